The zero-order chi connectivity index (χ0) is 13.0. The fraction of sp³-hybridized carbons (Fsp3) is 0.357. The molecule has 1 aromatic heterocycles. The van der Waals surface area contributed by atoms with Gasteiger partial charge in [0.1, 0.15) is 5.75 Å². The molecule has 0 radical (unpaired) electrons. The first-order chi connectivity index (χ1) is 8.70. The number of ether oxygens (including phenoxy) is 1. The van der Waals surface area contributed by atoms with E-state index in [1.54, 1.807) is 11.3 Å². The maximum atomic E-state index is 5.63. The zero-order valence-electron chi connectivity index (χ0n) is 10.7. The van der Waals surface area contributed by atoms with Gasteiger partial charge in [0.05, 0.1) is 22.2 Å². The first-order valence-corrected chi connectivity index (χ1v) is 6.98. The average molecular weight is 262 g/mol. The molecule has 4 heteroatoms. The molecular weight excluding hydrogens is 244 g/mol. The number of thiazole rings is 1. The third-order valence-corrected chi connectivity index (χ3v) is 3.43. The van der Waals surface area contributed by atoms with Crippen LogP contribution >= 0.6 is 11.3 Å². The largest absolute Gasteiger partial charge is 0.491 e. The molecule has 96 valence electrons. The first kappa shape index (κ1) is 13.1. The van der Waals surface area contributed by atoms with Crippen molar-refractivity contribution in [1.29, 1.82) is 0 Å². The van der Waals surface area contributed by atoms with Crippen LogP contribution in [0.2, 0.25) is 0 Å². The van der Waals surface area contributed by atoms with Gasteiger partial charge in [-0.25, -0.2) is 4.98 Å². The third-order valence-electron chi connectivity index (χ3n) is 2.51. The van der Waals surface area contributed by atoms with E-state index in [4.69, 9.17) is 10.5 Å². The summed E-state index contributed by atoms with van der Waals surface area (Å²) >= 11 is 1.65. The summed E-state index contributed by atoms with van der Waals surface area (Å²) in [4.78, 5) is 5.57. The Labute approximate surface area is 112 Å². The summed E-state index contributed by atoms with van der Waals surface area (Å²) < 4.78 is 5.63. The average Bonchev–Trinajstić information content (AvgIpc) is 2.78. The van der Waals surface area contributed by atoms with E-state index in [9.17, 15) is 0 Å². The van der Waals surface area contributed by atoms with Gasteiger partial charge in [-0.1, -0.05) is 0 Å². The van der Waals surface area contributed by atoms with Crippen LogP contribution < -0.4 is 10.5 Å². The molecule has 2 rings (SSSR count). The van der Waals surface area contributed by atoms with Crippen molar-refractivity contribution in [2.24, 2.45) is 5.73 Å². The Bertz CT molecular complexity index is 491. The van der Waals surface area contributed by atoms with Crippen LogP contribution in [0, 0.1) is 0 Å². The number of rotatable bonds is 5. The van der Waals surface area contributed by atoms with Crippen LogP contribution in [0.25, 0.3) is 10.4 Å². The zero-order valence-corrected chi connectivity index (χ0v) is 11.5. The van der Waals surface area contributed by atoms with Crippen molar-refractivity contribution in [3.8, 4) is 16.2 Å². The molecule has 0 unspecified atom stereocenters. The lowest BCUT2D eigenvalue weighted by Crippen LogP contribution is -2.05. The molecule has 18 heavy (non-hydrogen) atoms. The quantitative estimate of drug-likeness (QED) is 0.900. The molecule has 0 bridgehead atoms. The van der Waals surface area contributed by atoms with E-state index in [2.05, 4.69) is 17.1 Å². The predicted octanol–water partition coefficient (Wildman–Crippen LogP) is 3.10. The Balaban J connectivity index is 2.20. The Hall–Kier alpha value is -1.39. The minimum atomic E-state index is 0.201. The molecule has 0 spiro atoms. The fourth-order valence-electron chi connectivity index (χ4n) is 1.78. The van der Waals surface area contributed by atoms with Crippen molar-refractivity contribution in [3.63, 3.8) is 0 Å². The van der Waals surface area contributed by atoms with Gasteiger partial charge in [-0.15, -0.1) is 11.3 Å². The molecule has 1 heterocycles. The highest BCUT2D eigenvalue weighted by molar-refractivity contribution is 7.13. The van der Waals surface area contributed by atoms with E-state index in [0.29, 0.717) is 6.54 Å². The van der Waals surface area contributed by atoms with Gasteiger partial charge < -0.3 is 10.5 Å². The van der Waals surface area contributed by atoms with Crippen molar-refractivity contribution < 1.29 is 4.74 Å². The molecule has 0 aliphatic carbocycles. The monoisotopic (exact) mass is 262 g/mol. The molecule has 1 aromatic carbocycles. The van der Waals surface area contributed by atoms with E-state index in [0.717, 1.165) is 17.9 Å². The molecule has 0 aliphatic heterocycles. The van der Waals surface area contributed by atoms with E-state index in [-0.39, 0.29) is 6.10 Å². The summed E-state index contributed by atoms with van der Waals surface area (Å²) in [6.07, 6.45) is 1.02. The lowest BCUT2D eigenvalue weighted by atomic mass is 10.1. The van der Waals surface area contributed by atoms with Crippen LogP contribution in [-0.2, 0) is 6.42 Å². The summed E-state index contributed by atoms with van der Waals surface area (Å²) in [5.41, 5.74) is 9.73. The fourth-order valence-corrected chi connectivity index (χ4v) is 2.62. The number of aromatic nitrogens is 1. The number of hydrogen-bond donors (Lipinski definition) is 1. The molecule has 0 fully saturated rings. The summed E-state index contributed by atoms with van der Waals surface area (Å²) in [7, 11) is 0. The van der Waals surface area contributed by atoms with Crippen molar-refractivity contribution in [2.75, 3.05) is 6.54 Å². The van der Waals surface area contributed by atoms with E-state index >= 15 is 0 Å². The standard InChI is InChI=1S/C14H18N2OS/c1-10(2)17-12-5-3-11(4-6-12)14-13(7-8-15)16-9-18-14/h3-6,9-10H,7-8,15H2,1-2H3. The maximum absolute atomic E-state index is 5.63. The van der Waals surface area contributed by atoms with Crippen molar-refractivity contribution in [2.45, 2.75) is 26.4 Å². The van der Waals surface area contributed by atoms with E-state index in [1.807, 2.05) is 31.5 Å². The van der Waals surface area contributed by atoms with Gasteiger partial charge in [0.2, 0.25) is 0 Å². The van der Waals surface area contributed by atoms with Gasteiger partial charge in [0, 0.05) is 6.42 Å². The normalized spacial score (nSPS) is 10.9. The van der Waals surface area contributed by atoms with Gasteiger partial charge >= 0.3 is 0 Å². The Kier molecular flexibility index (Phi) is 4.33. The first-order valence-electron chi connectivity index (χ1n) is 6.10. The van der Waals surface area contributed by atoms with Crippen LogP contribution in [-0.4, -0.2) is 17.6 Å². The Morgan fingerprint density at radius 2 is 2.00 bits per heavy atom. The second-order valence-electron chi connectivity index (χ2n) is 4.36. The van der Waals surface area contributed by atoms with E-state index < -0.39 is 0 Å². The summed E-state index contributed by atoms with van der Waals surface area (Å²) in [6, 6.07) is 8.15. The second-order valence-corrected chi connectivity index (χ2v) is 5.21. The lowest BCUT2D eigenvalue weighted by molar-refractivity contribution is 0.242. The minimum Gasteiger partial charge on any atom is -0.491 e. The van der Waals surface area contributed by atoms with Gasteiger partial charge in [0.15, 0.2) is 0 Å². The van der Waals surface area contributed by atoms with Crippen LogP contribution in [0.4, 0.5) is 0 Å². The molecule has 3 nitrogen and oxygen atoms in total. The molecule has 0 amide bonds. The summed E-state index contributed by atoms with van der Waals surface area (Å²) in [6.45, 7) is 4.68. The van der Waals surface area contributed by atoms with Gasteiger partial charge in [-0.05, 0) is 50.2 Å². The SMILES string of the molecule is CC(C)Oc1ccc(-c2scnc2CCN)cc1. The smallest absolute Gasteiger partial charge is 0.119 e. The Morgan fingerprint density at radius 3 is 2.61 bits per heavy atom. The number of benzene rings is 1. The summed E-state index contributed by atoms with van der Waals surface area (Å²) in [5, 5.41) is 0. The third kappa shape index (κ3) is 3.09. The molecule has 0 saturated heterocycles. The molecule has 2 N–H and O–H groups in total. The second kappa shape index (κ2) is 5.98. The Morgan fingerprint density at radius 1 is 1.28 bits per heavy atom. The van der Waals surface area contributed by atoms with Crippen molar-refractivity contribution in [3.05, 3.63) is 35.5 Å². The molecule has 0 atom stereocenters. The predicted molar refractivity (Wildman–Crippen MR) is 76.1 cm³/mol. The topological polar surface area (TPSA) is 48.1 Å². The van der Waals surface area contributed by atoms with Crippen LogP contribution in [0.15, 0.2) is 29.8 Å². The van der Waals surface area contributed by atoms with Crippen LogP contribution in [0.5, 0.6) is 5.75 Å². The number of hydrogen-bond acceptors (Lipinski definition) is 4. The molecule has 0 saturated carbocycles. The minimum absolute atomic E-state index is 0.201. The van der Waals surface area contributed by atoms with Crippen LogP contribution in [0.1, 0.15) is 19.5 Å². The maximum Gasteiger partial charge on any atom is 0.119 e. The molecular formula is C14H18N2OS. The van der Waals surface area contributed by atoms with Gasteiger partial charge in [-0.2, -0.15) is 0 Å². The molecule has 2 aromatic rings. The number of nitrogens with zero attached hydrogens (tertiary/aromatic N) is 1. The van der Waals surface area contributed by atoms with Gasteiger partial charge in [-0.3, -0.25) is 0 Å². The van der Waals surface area contributed by atoms with Gasteiger partial charge in [0.25, 0.3) is 0 Å². The molecule has 0 aliphatic rings. The highest BCUT2D eigenvalue weighted by Gasteiger charge is 2.08. The lowest BCUT2D eigenvalue weighted by Gasteiger charge is -2.10. The highest BCUT2D eigenvalue weighted by Crippen LogP contribution is 2.29. The summed E-state index contributed by atoms with van der Waals surface area (Å²) in [5.74, 6) is 0.902. The van der Waals surface area contributed by atoms with Crippen molar-refractivity contribution >= 4 is 11.3 Å². The van der Waals surface area contributed by atoms with Crippen LogP contribution in [0.3, 0.4) is 0 Å². The number of nitrogens with two attached hydrogens (primary N) is 1. The van der Waals surface area contributed by atoms with Crippen molar-refractivity contribution in [1.82, 2.24) is 4.98 Å². The highest BCUT2D eigenvalue weighted by atomic mass is 32.1. The van der Waals surface area contributed by atoms with E-state index in [1.165, 1.54) is 10.4 Å².